The van der Waals surface area contributed by atoms with Crippen molar-refractivity contribution in [1.82, 2.24) is 25.9 Å². The second-order valence-electron chi connectivity index (χ2n) is 14.8. The number of benzene rings is 4. The number of H-pyrrole nitrogens is 1. The van der Waals surface area contributed by atoms with E-state index in [4.69, 9.17) is 27.9 Å². The van der Waals surface area contributed by atoms with Gasteiger partial charge in [0.2, 0.25) is 11.7 Å². The van der Waals surface area contributed by atoms with E-state index in [1.807, 2.05) is 42.5 Å². The number of fused-ring (bicyclic) bond motifs is 2. The van der Waals surface area contributed by atoms with E-state index in [-0.39, 0.29) is 35.2 Å². The van der Waals surface area contributed by atoms with Crippen LogP contribution >= 0.6 is 23.2 Å². The molecule has 0 bridgehead atoms. The summed E-state index contributed by atoms with van der Waals surface area (Å²) < 4.78 is 21.3. The number of nitrogens with one attached hydrogen (secondary N) is 3. The molecule has 4 atom stereocenters. The smallest absolute Gasteiger partial charge is 0.335 e. The molecule has 1 amide bonds. The summed E-state index contributed by atoms with van der Waals surface area (Å²) in [6, 6.07) is 21.4. The molecule has 1 spiro atoms. The van der Waals surface area contributed by atoms with Crippen LogP contribution in [0.3, 0.4) is 0 Å². The van der Waals surface area contributed by atoms with Gasteiger partial charge in [-0.3, -0.25) is 4.79 Å². The topological polar surface area (TPSA) is 145 Å². The minimum Gasteiger partial charge on any atom is -0.495 e. The van der Waals surface area contributed by atoms with Crippen LogP contribution in [-0.2, 0) is 16.8 Å². The maximum Gasteiger partial charge on any atom is 0.335 e. The number of aromatic nitrogens is 4. The van der Waals surface area contributed by atoms with E-state index < -0.39 is 29.2 Å². The lowest BCUT2D eigenvalue weighted by atomic mass is 9.63. The lowest BCUT2D eigenvalue weighted by Gasteiger charge is -2.40. The Morgan fingerprint density at radius 1 is 1.08 bits per heavy atom. The molecule has 5 aromatic rings. The molecule has 2 aliphatic heterocycles. The fraction of sp³-hybridized carbons (Fsp3) is 0.308. The summed E-state index contributed by atoms with van der Waals surface area (Å²) in [5, 5.41) is 31.3. The van der Waals surface area contributed by atoms with E-state index in [0.717, 1.165) is 16.8 Å². The Bertz CT molecular complexity index is 2200. The highest BCUT2D eigenvalue weighted by atomic mass is 35.5. The first-order chi connectivity index (χ1) is 25.3. The van der Waals surface area contributed by atoms with Crippen LogP contribution in [-0.4, -0.2) is 63.3 Å². The zero-order chi connectivity index (χ0) is 37.7. The lowest BCUT2D eigenvalue weighted by molar-refractivity contribution is -0.118. The maximum atomic E-state index is 15.8. The van der Waals surface area contributed by atoms with Crippen LogP contribution in [0.2, 0.25) is 10.0 Å². The third-order valence-corrected chi connectivity index (χ3v) is 10.8. The summed E-state index contributed by atoms with van der Waals surface area (Å²) in [5.74, 6) is -1.90. The average molecular weight is 759 g/mol. The number of nitrogens with zero attached hydrogens (tertiary/aromatic N) is 4. The molecule has 7 rings (SSSR count). The largest absolute Gasteiger partial charge is 0.495 e. The Hall–Kier alpha value is -5.04. The first-order valence-electron chi connectivity index (χ1n) is 17.1. The molecular formula is C39H38Cl2FN7O4. The highest BCUT2D eigenvalue weighted by Crippen LogP contribution is 2.59. The van der Waals surface area contributed by atoms with Crippen LogP contribution in [0.5, 0.6) is 5.75 Å². The van der Waals surface area contributed by atoms with Gasteiger partial charge in [0.15, 0.2) is 0 Å². The van der Waals surface area contributed by atoms with Crippen molar-refractivity contribution < 1.29 is 23.8 Å². The van der Waals surface area contributed by atoms with Crippen LogP contribution in [0.25, 0.3) is 11.4 Å². The van der Waals surface area contributed by atoms with Crippen molar-refractivity contribution in [3.05, 3.63) is 117 Å². The van der Waals surface area contributed by atoms with Crippen molar-refractivity contribution >= 4 is 46.5 Å². The van der Waals surface area contributed by atoms with Crippen molar-refractivity contribution in [2.75, 3.05) is 23.9 Å². The second kappa shape index (κ2) is 14.1. The number of hydrogen-bond acceptors (Lipinski definition) is 8. The number of aromatic amines is 1. The SMILES string of the molecule is COc1cc(C(=O)O)ccc1NC(=O)[C@@H]1N[C@@H](CC(C)(C)C)[C@@]2(CN(Cc3ccc(-c4nn[nH]n4)cc3F)c3ccc(Cl)cc32)[C@H]1c1ccccc1Cl. The normalized spacial score (nSPS) is 20.8. The monoisotopic (exact) mass is 757 g/mol. The number of hydrogen-bond donors (Lipinski definition) is 4. The molecule has 0 radical (unpaired) electrons. The van der Waals surface area contributed by atoms with Gasteiger partial charge in [-0.05, 0) is 76.7 Å². The lowest BCUT2D eigenvalue weighted by Crippen LogP contribution is -2.48. The standard InChI is InChI=1S/C39H38Cl2FN7O4/c1-38(2,3)18-32-39(20-49(30-14-12-24(40)17-26(30)39)19-23-10-9-21(15-28(23)42)35-45-47-48-46-35)33(25-7-5-6-8-27(25)41)34(44-32)36(50)43-29-13-11-22(37(51)52)16-31(29)53-4/h5-17,32-34,44H,18-20H2,1-4H3,(H,43,50)(H,51,52)(H,45,46,47,48)/t32-,33-,34+,39-/m0/s1. The molecule has 53 heavy (non-hydrogen) atoms. The van der Waals surface area contributed by atoms with Gasteiger partial charge in [-0.1, -0.05) is 74.3 Å². The van der Waals surface area contributed by atoms with Gasteiger partial charge in [0, 0.05) is 57.3 Å². The van der Waals surface area contributed by atoms with Gasteiger partial charge in [0.25, 0.3) is 0 Å². The molecule has 14 heteroatoms. The summed E-state index contributed by atoms with van der Waals surface area (Å²) in [6.07, 6.45) is 0.669. The molecule has 4 aromatic carbocycles. The van der Waals surface area contributed by atoms with Crippen LogP contribution < -0.4 is 20.3 Å². The first kappa shape index (κ1) is 36.3. The van der Waals surface area contributed by atoms with Gasteiger partial charge < -0.3 is 25.4 Å². The summed E-state index contributed by atoms with van der Waals surface area (Å²) >= 11 is 13.8. The molecule has 11 nitrogen and oxygen atoms in total. The van der Waals surface area contributed by atoms with E-state index in [9.17, 15) is 14.7 Å². The number of carboxylic acid groups (broad SMARTS) is 1. The molecule has 2 aliphatic rings. The number of methoxy groups -OCH3 is 1. The Balaban J connectivity index is 1.35. The van der Waals surface area contributed by atoms with E-state index in [0.29, 0.717) is 45.6 Å². The number of aromatic carboxylic acids is 1. The zero-order valence-electron chi connectivity index (χ0n) is 29.5. The summed E-state index contributed by atoms with van der Waals surface area (Å²) in [6.45, 7) is 7.11. The van der Waals surface area contributed by atoms with Crippen molar-refractivity contribution in [3.8, 4) is 17.1 Å². The third-order valence-electron chi connectivity index (χ3n) is 10.2. The van der Waals surface area contributed by atoms with Crippen LogP contribution in [0.15, 0.2) is 78.9 Å². The van der Waals surface area contributed by atoms with E-state index in [2.05, 4.69) is 56.9 Å². The number of anilines is 2. The summed E-state index contributed by atoms with van der Waals surface area (Å²) in [4.78, 5) is 28.5. The summed E-state index contributed by atoms with van der Waals surface area (Å²) in [5.41, 5.74) is 2.93. The van der Waals surface area contributed by atoms with Crippen molar-refractivity contribution in [2.45, 2.75) is 57.2 Å². The fourth-order valence-corrected chi connectivity index (χ4v) is 8.46. The number of carbonyl (C=O) groups is 2. The van der Waals surface area contributed by atoms with Crippen molar-refractivity contribution in [1.29, 1.82) is 0 Å². The number of tetrazole rings is 1. The third kappa shape index (κ3) is 6.82. The molecule has 1 aromatic heterocycles. The molecule has 1 fully saturated rings. The van der Waals surface area contributed by atoms with Gasteiger partial charge in [-0.2, -0.15) is 5.21 Å². The summed E-state index contributed by atoms with van der Waals surface area (Å²) in [7, 11) is 1.42. The maximum absolute atomic E-state index is 15.8. The molecular weight excluding hydrogens is 720 g/mol. The Morgan fingerprint density at radius 2 is 1.87 bits per heavy atom. The van der Waals surface area contributed by atoms with E-state index in [1.165, 1.54) is 31.4 Å². The predicted molar refractivity (Wildman–Crippen MR) is 201 cm³/mol. The second-order valence-corrected chi connectivity index (χ2v) is 15.6. The first-order valence-corrected chi connectivity index (χ1v) is 17.8. The highest BCUT2D eigenvalue weighted by molar-refractivity contribution is 6.31. The van der Waals surface area contributed by atoms with Gasteiger partial charge >= 0.3 is 5.97 Å². The zero-order valence-corrected chi connectivity index (χ0v) is 31.0. The quantitative estimate of drug-likeness (QED) is 0.120. The molecule has 0 unspecified atom stereocenters. The van der Waals surface area contributed by atoms with Crippen LogP contribution in [0.4, 0.5) is 15.8 Å². The minimum atomic E-state index is -1.12. The minimum absolute atomic E-state index is 0.0254. The molecule has 0 aliphatic carbocycles. The van der Waals surface area contributed by atoms with Gasteiger partial charge in [0.05, 0.1) is 24.4 Å². The Morgan fingerprint density at radius 3 is 2.55 bits per heavy atom. The van der Waals surface area contributed by atoms with Gasteiger partial charge in [0.1, 0.15) is 11.6 Å². The van der Waals surface area contributed by atoms with E-state index in [1.54, 1.807) is 12.1 Å². The van der Waals surface area contributed by atoms with Crippen LogP contribution in [0.1, 0.15) is 60.2 Å². The van der Waals surface area contributed by atoms with Crippen molar-refractivity contribution in [3.63, 3.8) is 0 Å². The molecule has 1 saturated heterocycles. The average Bonchev–Trinajstić information content (AvgIpc) is 3.83. The van der Waals surface area contributed by atoms with Gasteiger partial charge in [-0.15, -0.1) is 10.2 Å². The Labute approximate surface area is 315 Å². The molecule has 0 saturated carbocycles. The van der Waals surface area contributed by atoms with Crippen molar-refractivity contribution in [2.24, 2.45) is 5.41 Å². The molecule has 3 heterocycles. The number of rotatable bonds is 9. The number of halogens is 3. The van der Waals surface area contributed by atoms with Gasteiger partial charge in [-0.25, -0.2) is 9.18 Å². The molecule has 274 valence electrons. The van der Waals surface area contributed by atoms with Crippen LogP contribution in [0, 0.1) is 11.2 Å². The van der Waals surface area contributed by atoms with E-state index >= 15 is 4.39 Å². The Kier molecular flexibility index (Phi) is 9.64. The molecule has 4 N–H and O–H groups in total. The number of ether oxygens (including phenoxy) is 1. The number of carbonyl (C=O) groups excluding carboxylic acids is 1. The number of amides is 1. The number of carboxylic acids is 1. The predicted octanol–water partition coefficient (Wildman–Crippen LogP) is 7.48. The fourth-order valence-electron chi connectivity index (χ4n) is 8.03. The highest BCUT2D eigenvalue weighted by Gasteiger charge is 2.62.